The van der Waals surface area contributed by atoms with Crippen molar-refractivity contribution in [2.45, 2.75) is 122 Å². The quantitative estimate of drug-likeness (QED) is 0.0222. The Morgan fingerprint density at radius 3 is 1.25 bits per heavy atom. The first-order valence-electron chi connectivity index (χ1n) is 33.1. The number of anilines is 8. The van der Waals surface area contributed by atoms with E-state index in [-0.39, 0.29) is 31.9 Å². The van der Waals surface area contributed by atoms with Crippen LogP contribution in [0.5, 0.6) is 0 Å². The lowest BCUT2D eigenvalue weighted by atomic mass is 10.1. The fourth-order valence-corrected chi connectivity index (χ4v) is 16.4. The van der Waals surface area contributed by atoms with Gasteiger partial charge in [-0.3, -0.25) is 25.2 Å². The molecule has 4 aliphatic carbocycles. The number of H-pyrrole nitrogens is 4. The molecule has 11 heterocycles. The molecule has 11 aromatic heterocycles. The van der Waals surface area contributed by atoms with Crippen molar-refractivity contribution < 1.29 is 42.9 Å². The minimum atomic E-state index is -3.76. The molecule has 0 atom stereocenters. The van der Waals surface area contributed by atoms with Gasteiger partial charge in [0.2, 0.25) is 20.0 Å². The van der Waals surface area contributed by atoms with Crippen molar-refractivity contribution in [1.82, 2.24) is 90.1 Å². The Balaban J connectivity index is 0.000000318. The number of carbonyl (C=O) groups excluding carboxylic acids is 1. The number of hydrogen-bond donors (Lipinski definition) is 11. The summed E-state index contributed by atoms with van der Waals surface area (Å²) < 4.78 is 76.9. The van der Waals surface area contributed by atoms with Crippen LogP contribution in [0, 0.1) is 24.7 Å². The molecule has 568 valence electrons. The third-order valence-electron chi connectivity index (χ3n) is 16.3. The molecular weight excluding hydrogens is 1530 g/mol. The first-order valence-corrected chi connectivity index (χ1v) is 40.8. The Bertz CT molecular complexity index is 5780. The smallest absolute Gasteiger partial charge is 0.250 e. The van der Waals surface area contributed by atoms with Gasteiger partial charge in [-0.05, 0) is 147 Å². The fraction of sp³-hybridized carbons (Fsp3) is 0.261. The first-order chi connectivity index (χ1) is 51.1. The SMILES string of the molecule is C#Cc1cnc(-c2ccc(S(=O)(=O)NC(C)(C)C)s2)nc1Nc1cc(C2CC2)[nH]n1.C#Cc1cnc(-c2ccc(S(N)(=O)=O)s2)nc1Nc1cc(C2CC2)[nH]n1.CC(=O)c1ccc(-c2ncc(Cl)c(Nc3cc(C4CC4)[nH]n3)n2)s1.CNS(=O)(=O)c1ccc(-c2ncc(Cl)c(Nc3cc(C4CC4)[nH]n3)n2)cc1.[HH].[HH].[HH].[HH].[HH].[HH].[HH].[HH].[HH]. The average molecular weight is 1610 g/mol. The predicted molar refractivity (Wildman–Crippen MR) is 431 cm³/mol. The second kappa shape index (κ2) is 31.3. The van der Waals surface area contributed by atoms with E-state index in [4.69, 9.17) is 41.2 Å². The van der Waals surface area contributed by atoms with Crippen LogP contribution >= 0.6 is 57.2 Å². The Labute approximate surface area is 650 Å². The highest BCUT2D eigenvalue weighted by Gasteiger charge is 2.30. The lowest BCUT2D eigenvalue weighted by Crippen LogP contribution is -2.40. The fourth-order valence-electron chi connectivity index (χ4n) is 10.3. The molecule has 0 bridgehead atoms. The van der Waals surface area contributed by atoms with Gasteiger partial charge in [-0.15, -0.1) is 46.9 Å². The molecule has 1 aromatic carbocycles. The number of Topliss-reactive ketones (excluding diaryl/α,β-unsaturated/α-hetero) is 1. The Morgan fingerprint density at radius 2 is 0.879 bits per heavy atom. The summed E-state index contributed by atoms with van der Waals surface area (Å²) >= 11 is 15.9. The van der Waals surface area contributed by atoms with E-state index in [0.29, 0.717) is 135 Å². The molecule has 30 nitrogen and oxygen atoms in total. The van der Waals surface area contributed by atoms with Crippen LogP contribution in [0.15, 0.2) is 123 Å². The van der Waals surface area contributed by atoms with Gasteiger partial charge in [-0.2, -0.15) is 20.4 Å². The monoisotopic (exact) mass is 1610 g/mol. The van der Waals surface area contributed by atoms with Crippen molar-refractivity contribution in [1.29, 1.82) is 0 Å². The lowest BCUT2D eigenvalue weighted by Gasteiger charge is -2.19. The number of nitrogens with one attached hydrogen (secondary N) is 10. The summed E-state index contributed by atoms with van der Waals surface area (Å²) in [6.45, 7) is 6.92. The number of rotatable bonds is 22. The number of primary sulfonamides is 1. The zero-order valence-corrected chi connectivity index (χ0v) is 63.9. The molecule has 0 spiro atoms. The van der Waals surface area contributed by atoms with Gasteiger partial charge in [0.25, 0.3) is 10.0 Å². The van der Waals surface area contributed by atoms with Crippen LogP contribution < -0.4 is 35.9 Å². The summed E-state index contributed by atoms with van der Waals surface area (Å²) in [6.07, 6.45) is 26.7. The van der Waals surface area contributed by atoms with E-state index in [1.165, 1.54) is 100 Å². The summed E-state index contributed by atoms with van der Waals surface area (Å²) in [5.74, 6) is 13.4. The topological polar surface area (TPSA) is 436 Å². The van der Waals surface area contributed by atoms with E-state index in [0.717, 1.165) is 50.3 Å². The number of carbonyl (C=O) groups is 1. The zero-order valence-electron chi connectivity index (χ0n) is 57.5. The summed E-state index contributed by atoms with van der Waals surface area (Å²) in [7, 11) is -9.51. The summed E-state index contributed by atoms with van der Waals surface area (Å²) in [5.41, 5.74) is 5.48. The van der Waals surface area contributed by atoms with E-state index in [2.05, 4.69) is 123 Å². The molecule has 12 aromatic rings. The van der Waals surface area contributed by atoms with Gasteiger partial charge >= 0.3 is 0 Å². The Kier molecular flexibility index (Phi) is 22.0. The molecule has 4 aliphatic rings. The van der Waals surface area contributed by atoms with Crippen LogP contribution in [0.4, 0.5) is 46.5 Å². The van der Waals surface area contributed by atoms with Crippen molar-refractivity contribution >= 4 is 140 Å². The van der Waals surface area contributed by atoms with Crippen LogP contribution in [-0.4, -0.2) is 124 Å². The molecular formula is C69H85Cl2N23O7S6. The Morgan fingerprint density at radius 1 is 0.514 bits per heavy atom. The number of ketones is 1. The van der Waals surface area contributed by atoms with Crippen molar-refractivity contribution in [2.24, 2.45) is 5.14 Å². The average Bonchev–Trinajstić information content (AvgIpc) is 1.62. The van der Waals surface area contributed by atoms with E-state index < -0.39 is 35.6 Å². The zero-order chi connectivity index (χ0) is 75.5. The number of sulfonamides is 3. The summed E-state index contributed by atoms with van der Waals surface area (Å²) in [5, 5.41) is 47.5. The van der Waals surface area contributed by atoms with Gasteiger partial charge in [-0.1, -0.05) is 35.0 Å². The third-order valence-corrected chi connectivity index (χ3v) is 25.3. The summed E-state index contributed by atoms with van der Waals surface area (Å²) in [6, 6.07) is 24.0. The highest BCUT2D eigenvalue weighted by molar-refractivity contribution is 7.92. The number of terminal acetylenes is 2. The van der Waals surface area contributed by atoms with Crippen LogP contribution in [0.3, 0.4) is 0 Å². The van der Waals surface area contributed by atoms with Gasteiger partial charge in [0.15, 0.2) is 75.6 Å². The highest BCUT2D eigenvalue weighted by atomic mass is 35.5. The number of thiophene rings is 3. The number of nitrogens with zero attached hydrogens (tertiary/aromatic N) is 12. The number of hydrogen-bond acceptors (Lipinski definition) is 26. The third kappa shape index (κ3) is 19.1. The van der Waals surface area contributed by atoms with Crippen molar-refractivity contribution in [3.63, 3.8) is 0 Å². The van der Waals surface area contributed by atoms with Crippen LogP contribution in [0.2, 0.25) is 10.0 Å². The molecule has 16 rings (SSSR count). The second-order valence-corrected chi connectivity index (χ2v) is 35.7. The molecule has 12 N–H and O–H groups in total. The van der Waals surface area contributed by atoms with Crippen LogP contribution in [0.1, 0.15) is 159 Å². The number of aromatic amines is 4. The maximum Gasteiger partial charge on any atom is 0.250 e. The Hall–Kier alpha value is -10.2. The molecule has 0 saturated heterocycles. The largest absolute Gasteiger partial charge is 0.322 e. The lowest BCUT2D eigenvalue weighted by molar-refractivity contribution is 0.102. The number of aromatic nitrogens is 16. The minimum Gasteiger partial charge on any atom is -0.322 e. The molecule has 4 fully saturated rings. The molecule has 0 radical (unpaired) electrons. The van der Waals surface area contributed by atoms with E-state index in [1.807, 2.05) is 30.3 Å². The number of nitrogens with two attached hydrogens (primary N) is 1. The van der Waals surface area contributed by atoms with E-state index in [1.54, 1.807) is 76.5 Å². The molecule has 38 heteroatoms. The van der Waals surface area contributed by atoms with Gasteiger partial charge in [0.05, 0.1) is 47.9 Å². The minimum absolute atomic E-state index is 0. The standard InChI is InChI=1S/C20H22N6O2S2.C17H17ClN6O2S.C16H14ClN5OS.C16H14N6O2S2.9H2/c1-5-12-11-21-19(15-8-9-17(29-15)30(27,28)26-20(2,3)4)23-18(12)22-16-10-14(24-25-16)13-6-7-13;1-19-27(25,26)12-6-4-11(5-7-12)16-20-9-13(18)17(22-16)21-15-8-14(23-24-15)10-2-3-10;1-8(23)12-4-5-13(24-12)16-18-7-10(17)15(20-16)19-14-6-11(21-22-14)9-2-3-9;1-2-9-8-18-16(12-5-6-14(25-12)26(17,23)24)20-15(9)19-13-7-11(21-22-13)10-3-4-10;;;;;;;;;/h1,8-11,13,26H,6-7H2,2-4H3,(H2,21,22,23,24,25);4-10,19H,2-3H2,1H3,(H2,20,21,22,23,24);4-7,9H,2-3H2,1H3,(H2,18,19,20,21,22);1,5-8,10H,3-4H2,(H2,17,23,24)(H2,18,19,20,21,22);9*1H. The molecule has 0 unspecified atom stereocenters. The van der Waals surface area contributed by atoms with Gasteiger partial charge < -0.3 is 21.3 Å². The normalized spacial score (nSPS) is 14.2. The number of halogens is 2. The van der Waals surface area contributed by atoms with Crippen molar-refractivity contribution in [3.05, 3.63) is 159 Å². The second-order valence-electron chi connectivity index (χ2n) is 26.0. The van der Waals surface area contributed by atoms with Crippen molar-refractivity contribution in [2.75, 3.05) is 28.3 Å². The van der Waals surface area contributed by atoms with Gasteiger partial charge in [0.1, 0.15) is 18.5 Å². The molecule has 0 amide bonds. The van der Waals surface area contributed by atoms with Crippen molar-refractivity contribution in [3.8, 4) is 68.2 Å². The molecule has 4 saturated carbocycles. The summed E-state index contributed by atoms with van der Waals surface area (Å²) in [4.78, 5) is 49.2. The van der Waals surface area contributed by atoms with E-state index >= 15 is 0 Å². The maximum atomic E-state index is 12.6. The predicted octanol–water partition coefficient (Wildman–Crippen LogP) is 15.5. The van der Waals surface area contributed by atoms with Crippen LogP contribution in [0.25, 0.3) is 43.5 Å². The maximum absolute atomic E-state index is 12.6. The van der Waals surface area contributed by atoms with Crippen LogP contribution in [-0.2, 0) is 30.1 Å². The first kappa shape index (κ1) is 75.0. The van der Waals surface area contributed by atoms with Gasteiger partial charge in [-0.25, -0.2) is 79.7 Å². The molecule has 0 aliphatic heterocycles. The van der Waals surface area contributed by atoms with E-state index in [9.17, 15) is 30.0 Å². The highest BCUT2D eigenvalue weighted by Crippen LogP contribution is 2.44. The molecule has 107 heavy (non-hydrogen) atoms. The number of benzene rings is 1. The van der Waals surface area contributed by atoms with Gasteiger partial charge in [0, 0.05) is 107 Å².